The Labute approximate surface area is 203 Å². The molecule has 0 unspecified atom stereocenters. The summed E-state index contributed by atoms with van der Waals surface area (Å²) in [6.45, 7) is 0. The van der Waals surface area contributed by atoms with Crippen molar-refractivity contribution >= 4 is 50.4 Å². The topological polar surface area (TPSA) is 106 Å². The molecule has 4 aromatic heterocycles. The smallest absolute Gasteiger partial charge is 0.227 e. The van der Waals surface area contributed by atoms with E-state index in [1.54, 1.807) is 47.5 Å². The van der Waals surface area contributed by atoms with Crippen LogP contribution in [0.3, 0.4) is 0 Å². The van der Waals surface area contributed by atoms with Crippen molar-refractivity contribution in [3.8, 4) is 5.75 Å². The molecule has 1 aliphatic rings. The maximum Gasteiger partial charge on any atom is 0.227 e. The number of hydrogen-bond acceptors (Lipinski definition) is 8. The van der Waals surface area contributed by atoms with E-state index in [-0.39, 0.29) is 17.6 Å². The molecule has 4 heterocycles. The fraction of sp³-hybridized carbons (Fsp3) is 0.208. The predicted molar refractivity (Wildman–Crippen MR) is 131 cm³/mol. The number of nitrogens with zero attached hydrogens (tertiary/aromatic N) is 5. The summed E-state index contributed by atoms with van der Waals surface area (Å²) in [5.41, 5.74) is 2.43. The number of aryl methyl sites for hydroxylation is 1. The van der Waals surface area contributed by atoms with Gasteiger partial charge in [-0.05, 0) is 49.1 Å². The molecule has 0 fully saturated rings. The summed E-state index contributed by atoms with van der Waals surface area (Å²) < 4.78 is 20.3. The van der Waals surface area contributed by atoms with Gasteiger partial charge in [0.05, 0.1) is 24.9 Å². The minimum Gasteiger partial charge on any atom is -0.491 e. The average molecular weight is 490 g/mol. The number of ether oxygens (including phenoxy) is 1. The van der Waals surface area contributed by atoms with Crippen LogP contribution < -0.4 is 15.4 Å². The van der Waals surface area contributed by atoms with Crippen molar-refractivity contribution in [3.63, 3.8) is 0 Å². The Morgan fingerprint density at radius 2 is 2.06 bits per heavy atom. The Kier molecular flexibility index (Phi) is 5.25. The second-order valence-electron chi connectivity index (χ2n) is 8.26. The van der Waals surface area contributed by atoms with Crippen molar-refractivity contribution in [1.29, 1.82) is 0 Å². The van der Waals surface area contributed by atoms with Gasteiger partial charge in [0.2, 0.25) is 5.91 Å². The zero-order chi connectivity index (χ0) is 23.9. The van der Waals surface area contributed by atoms with Gasteiger partial charge in [-0.3, -0.25) is 4.79 Å². The number of methoxy groups -OCH3 is 1. The van der Waals surface area contributed by atoms with Crippen molar-refractivity contribution in [2.45, 2.75) is 19.3 Å². The number of amides is 1. The Balaban J connectivity index is 1.29. The fourth-order valence-corrected chi connectivity index (χ4v) is 5.66. The summed E-state index contributed by atoms with van der Waals surface area (Å²) in [6.07, 6.45) is 7.00. The summed E-state index contributed by atoms with van der Waals surface area (Å²) in [6, 6.07) is 7.62. The van der Waals surface area contributed by atoms with Crippen molar-refractivity contribution in [2.24, 2.45) is 5.92 Å². The molecule has 0 spiro atoms. The Morgan fingerprint density at radius 3 is 2.89 bits per heavy atom. The van der Waals surface area contributed by atoms with Crippen LogP contribution in [0.5, 0.6) is 5.75 Å². The van der Waals surface area contributed by atoms with E-state index in [1.807, 2.05) is 6.07 Å². The maximum atomic E-state index is 13.2. The standard InChI is InChI=1S/C24H20FN7O2S/c1-34-17-11-32-19(8-9-28-32)30-21(17)31-22-20-16-7-2-13(10-18(16)35-24(20)27-12-26-22)23(33)29-15-5-3-14(25)4-6-15/h3-6,8-9,11-13H,2,7,10H2,1H3,(H,29,33)(H,26,27,30,31)/t13-/m0/s1. The van der Waals surface area contributed by atoms with Crippen molar-refractivity contribution in [2.75, 3.05) is 17.7 Å². The van der Waals surface area contributed by atoms with E-state index in [4.69, 9.17) is 4.74 Å². The molecular weight excluding hydrogens is 469 g/mol. The van der Waals surface area contributed by atoms with E-state index in [2.05, 4.69) is 30.7 Å². The first-order valence-electron chi connectivity index (χ1n) is 11.1. The molecule has 11 heteroatoms. The molecule has 2 N–H and O–H groups in total. The Hall–Kier alpha value is -4.12. The first-order valence-corrected chi connectivity index (χ1v) is 11.9. The number of anilines is 3. The Bertz CT molecular complexity index is 1560. The summed E-state index contributed by atoms with van der Waals surface area (Å²) >= 11 is 1.58. The second kappa shape index (κ2) is 8.58. The summed E-state index contributed by atoms with van der Waals surface area (Å²) in [4.78, 5) is 28.5. The van der Waals surface area contributed by atoms with Crippen LogP contribution in [0.4, 0.5) is 21.7 Å². The Morgan fingerprint density at radius 1 is 1.20 bits per heavy atom. The molecule has 0 saturated carbocycles. The highest BCUT2D eigenvalue weighted by Crippen LogP contribution is 2.41. The van der Waals surface area contributed by atoms with Crippen molar-refractivity contribution in [1.82, 2.24) is 24.6 Å². The van der Waals surface area contributed by atoms with Crippen LogP contribution in [-0.4, -0.2) is 37.6 Å². The lowest BCUT2D eigenvalue weighted by molar-refractivity contribution is -0.120. The molecule has 5 aromatic rings. The molecule has 1 amide bonds. The highest BCUT2D eigenvalue weighted by atomic mass is 32.1. The SMILES string of the molecule is COc1cn2nccc2nc1Nc1ncnc2sc3c(c12)CC[C@H](C(=O)Nc1ccc(F)cc1)C3. The molecule has 1 aliphatic carbocycles. The molecule has 0 radical (unpaired) electrons. The van der Waals surface area contributed by atoms with E-state index < -0.39 is 0 Å². The van der Waals surface area contributed by atoms with Gasteiger partial charge in [0.25, 0.3) is 0 Å². The normalized spacial score (nSPS) is 15.2. The second-order valence-corrected chi connectivity index (χ2v) is 9.34. The lowest BCUT2D eigenvalue weighted by Crippen LogP contribution is -2.27. The van der Waals surface area contributed by atoms with E-state index in [0.29, 0.717) is 41.6 Å². The van der Waals surface area contributed by atoms with Crippen LogP contribution in [0, 0.1) is 11.7 Å². The first-order chi connectivity index (χ1) is 17.1. The molecule has 6 rings (SSSR count). The molecule has 1 aromatic carbocycles. The van der Waals surface area contributed by atoms with E-state index in [9.17, 15) is 9.18 Å². The third-order valence-corrected chi connectivity index (χ3v) is 7.30. The largest absolute Gasteiger partial charge is 0.491 e. The van der Waals surface area contributed by atoms with Gasteiger partial charge in [-0.25, -0.2) is 23.9 Å². The van der Waals surface area contributed by atoms with Gasteiger partial charge in [0.1, 0.15) is 22.8 Å². The third kappa shape index (κ3) is 3.93. The summed E-state index contributed by atoms with van der Waals surface area (Å²) in [5, 5.41) is 11.4. The number of carbonyl (C=O) groups is 1. The van der Waals surface area contributed by atoms with E-state index in [0.717, 1.165) is 27.1 Å². The van der Waals surface area contributed by atoms with Gasteiger partial charge in [-0.15, -0.1) is 11.3 Å². The van der Waals surface area contributed by atoms with Gasteiger partial charge in [-0.2, -0.15) is 5.10 Å². The molecule has 0 saturated heterocycles. The number of nitrogens with one attached hydrogen (secondary N) is 2. The monoisotopic (exact) mass is 489 g/mol. The van der Waals surface area contributed by atoms with E-state index in [1.165, 1.54) is 18.5 Å². The number of hydrogen-bond donors (Lipinski definition) is 2. The quantitative estimate of drug-likeness (QED) is 0.378. The minimum absolute atomic E-state index is 0.0628. The molecule has 1 atom stereocenters. The van der Waals surface area contributed by atoms with Crippen LogP contribution in [-0.2, 0) is 17.6 Å². The average Bonchev–Trinajstić information content (AvgIpc) is 3.48. The van der Waals surface area contributed by atoms with Crippen molar-refractivity contribution in [3.05, 3.63) is 65.3 Å². The van der Waals surface area contributed by atoms with Crippen LogP contribution in [0.1, 0.15) is 16.9 Å². The van der Waals surface area contributed by atoms with Gasteiger partial charge in [0, 0.05) is 22.5 Å². The van der Waals surface area contributed by atoms with Crippen LogP contribution in [0.25, 0.3) is 15.9 Å². The minimum atomic E-state index is -0.334. The number of carbonyl (C=O) groups excluding carboxylic acids is 1. The predicted octanol–water partition coefficient (Wildman–Crippen LogP) is 4.37. The number of halogens is 1. The zero-order valence-electron chi connectivity index (χ0n) is 18.7. The number of benzene rings is 1. The summed E-state index contributed by atoms with van der Waals surface area (Å²) in [7, 11) is 1.58. The number of rotatable bonds is 5. The molecule has 0 bridgehead atoms. The lowest BCUT2D eigenvalue weighted by Gasteiger charge is -2.22. The molecule has 35 heavy (non-hydrogen) atoms. The van der Waals surface area contributed by atoms with E-state index >= 15 is 0 Å². The van der Waals surface area contributed by atoms with Crippen LogP contribution >= 0.6 is 11.3 Å². The fourth-order valence-electron chi connectivity index (χ4n) is 4.39. The first kappa shape index (κ1) is 21.4. The third-order valence-electron chi connectivity index (χ3n) is 6.13. The molecule has 0 aliphatic heterocycles. The number of fused-ring (bicyclic) bond motifs is 4. The van der Waals surface area contributed by atoms with Crippen LogP contribution in [0.2, 0.25) is 0 Å². The molecular formula is C24H20FN7O2S. The highest BCUT2D eigenvalue weighted by molar-refractivity contribution is 7.19. The maximum absolute atomic E-state index is 13.2. The van der Waals surface area contributed by atoms with Gasteiger partial charge < -0.3 is 15.4 Å². The number of aromatic nitrogens is 5. The summed E-state index contributed by atoms with van der Waals surface area (Å²) in [5.74, 6) is 1.15. The van der Waals surface area contributed by atoms with Crippen LogP contribution in [0.15, 0.2) is 49.1 Å². The zero-order valence-corrected chi connectivity index (χ0v) is 19.5. The van der Waals surface area contributed by atoms with Gasteiger partial charge in [0.15, 0.2) is 17.2 Å². The van der Waals surface area contributed by atoms with Gasteiger partial charge in [-0.1, -0.05) is 0 Å². The lowest BCUT2D eigenvalue weighted by atomic mass is 9.87. The number of thiophene rings is 1. The van der Waals surface area contributed by atoms with Crippen molar-refractivity contribution < 1.29 is 13.9 Å². The molecule has 176 valence electrons. The van der Waals surface area contributed by atoms with Gasteiger partial charge >= 0.3 is 0 Å². The molecule has 9 nitrogen and oxygen atoms in total. The highest BCUT2D eigenvalue weighted by Gasteiger charge is 2.29.